The van der Waals surface area contributed by atoms with E-state index in [1.165, 1.54) is 32.4 Å². The Bertz CT molecular complexity index is 1340. The van der Waals surface area contributed by atoms with Crippen LogP contribution in [0.5, 0.6) is 11.5 Å². The lowest BCUT2D eigenvalue weighted by Gasteiger charge is -2.33. The van der Waals surface area contributed by atoms with E-state index in [4.69, 9.17) is 9.47 Å². The molecule has 12 heteroatoms. The van der Waals surface area contributed by atoms with Crippen molar-refractivity contribution >= 4 is 11.7 Å². The van der Waals surface area contributed by atoms with Gasteiger partial charge in [0.2, 0.25) is 0 Å². The number of rotatable bonds is 5. The van der Waals surface area contributed by atoms with Crippen LogP contribution in [0.1, 0.15) is 34.4 Å². The van der Waals surface area contributed by atoms with E-state index < -0.39 is 30.0 Å². The zero-order valence-electron chi connectivity index (χ0n) is 20.8. The molecule has 0 radical (unpaired) electrons. The van der Waals surface area contributed by atoms with Gasteiger partial charge in [-0.2, -0.15) is 18.3 Å². The minimum Gasteiger partial charge on any atom is -0.493 e. The van der Waals surface area contributed by atoms with Gasteiger partial charge < -0.3 is 25.0 Å². The molecular weight excluding hydrogens is 506 g/mol. The molecule has 2 atom stereocenters. The minimum absolute atomic E-state index is 0.0839. The Morgan fingerprint density at radius 3 is 2.42 bits per heavy atom. The number of nitrogens with one attached hydrogen (secondary N) is 2. The summed E-state index contributed by atoms with van der Waals surface area (Å²) in [5.41, 5.74) is 0.939. The average molecular weight is 534 g/mol. The maximum absolute atomic E-state index is 15.0. The molecule has 3 aromatic rings. The zero-order valence-corrected chi connectivity index (χ0v) is 20.8. The lowest BCUT2D eigenvalue weighted by molar-refractivity contribution is -0.173. The fraction of sp³-hybridized carbons (Fsp3) is 0.385. The molecule has 8 nitrogen and oxygen atoms in total. The number of amides is 1. The number of carbonyl (C=O) groups is 1. The van der Waals surface area contributed by atoms with Crippen LogP contribution in [-0.4, -0.2) is 67.2 Å². The van der Waals surface area contributed by atoms with E-state index in [2.05, 4.69) is 15.7 Å². The second-order valence-corrected chi connectivity index (χ2v) is 9.20. The Morgan fingerprint density at radius 1 is 1.03 bits per heavy atom. The molecule has 0 aliphatic carbocycles. The van der Waals surface area contributed by atoms with Gasteiger partial charge in [0.15, 0.2) is 17.5 Å². The number of hydrogen-bond donors (Lipinski definition) is 2. The second kappa shape index (κ2) is 10.2. The summed E-state index contributed by atoms with van der Waals surface area (Å²) < 4.78 is 68.8. The number of ether oxygens (including phenoxy) is 2. The molecule has 3 heterocycles. The van der Waals surface area contributed by atoms with Crippen LogP contribution in [0.15, 0.2) is 42.5 Å². The van der Waals surface area contributed by atoms with Crippen molar-refractivity contribution in [1.82, 2.24) is 20.0 Å². The number of hydrogen-bond acceptors (Lipinski definition) is 6. The number of anilines is 1. The van der Waals surface area contributed by atoms with Gasteiger partial charge in [0.25, 0.3) is 5.91 Å². The molecular formula is C26H27F4N5O3. The van der Waals surface area contributed by atoms with Gasteiger partial charge in [-0.3, -0.25) is 4.79 Å². The van der Waals surface area contributed by atoms with E-state index in [-0.39, 0.29) is 29.1 Å². The molecule has 1 amide bonds. The van der Waals surface area contributed by atoms with Gasteiger partial charge in [0.1, 0.15) is 11.6 Å². The lowest BCUT2D eigenvalue weighted by atomic mass is 9.96. The number of benzene rings is 2. The van der Waals surface area contributed by atoms with Crippen molar-refractivity contribution in [2.75, 3.05) is 45.7 Å². The lowest BCUT2D eigenvalue weighted by Crippen LogP contribution is -2.46. The summed E-state index contributed by atoms with van der Waals surface area (Å²) in [7, 11) is 2.93. The average Bonchev–Trinajstić information content (AvgIpc) is 3.36. The van der Waals surface area contributed by atoms with E-state index in [1.807, 2.05) is 0 Å². The Kier molecular flexibility index (Phi) is 6.91. The molecule has 0 unspecified atom stereocenters. The number of carbonyl (C=O) groups excluding carboxylic acids is 1. The van der Waals surface area contributed by atoms with Crippen molar-refractivity contribution in [1.29, 1.82) is 0 Å². The fourth-order valence-corrected chi connectivity index (χ4v) is 4.89. The van der Waals surface area contributed by atoms with Crippen LogP contribution < -0.4 is 20.1 Å². The van der Waals surface area contributed by atoms with Crippen LogP contribution in [0.3, 0.4) is 0 Å². The summed E-state index contributed by atoms with van der Waals surface area (Å²) in [6.45, 7) is 2.20. The fourth-order valence-electron chi connectivity index (χ4n) is 4.89. The predicted molar refractivity (Wildman–Crippen MR) is 132 cm³/mol. The van der Waals surface area contributed by atoms with E-state index in [1.54, 1.807) is 23.1 Å². The molecule has 2 aliphatic heterocycles. The van der Waals surface area contributed by atoms with E-state index in [0.29, 0.717) is 43.2 Å². The minimum atomic E-state index is -4.57. The number of aromatic nitrogens is 2. The molecule has 38 heavy (non-hydrogen) atoms. The van der Waals surface area contributed by atoms with Gasteiger partial charge in [-0.05, 0) is 29.8 Å². The monoisotopic (exact) mass is 533 g/mol. The first-order chi connectivity index (χ1) is 18.2. The molecule has 202 valence electrons. The van der Waals surface area contributed by atoms with Crippen LogP contribution in [0.2, 0.25) is 0 Å². The number of nitrogens with zero attached hydrogens (tertiary/aromatic N) is 3. The first kappa shape index (κ1) is 25.8. The molecule has 2 aromatic carbocycles. The highest BCUT2D eigenvalue weighted by atomic mass is 19.4. The van der Waals surface area contributed by atoms with Crippen molar-refractivity contribution in [2.24, 2.45) is 0 Å². The summed E-state index contributed by atoms with van der Waals surface area (Å²) in [5, 5.41) is 10.4. The highest BCUT2D eigenvalue weighted by Crippen LogP contribution is 2.45. The van der Waals surface area contributed by atoms with Gasteiger partial charge in [-0.1, -0.05) is 12.1 Å². The van der Waals surface area contributed by atoms with Gasteiger partial charge in [-0.25, -0.2) is 9.07 Å². The first-order valence-electron chi connectivity index (χ1n) is 12.1. The van der Waals surface area contributed by atoms with E-state index >= 15 is 0 Å². The predicted octanol–water partition coefficient (Wildman–Crippen LogP) is 4.41. The number of fused-ring (bicyclic) bond motifs is 1. The number of halogens is 4. The summed E-state index contributed by atoms with van der Waals surface area (Å²) in [5.74, 6) is -0.153. The highest BCUT2D eigenvalue weighted by molar-refractivity contribution is 5.95. The molecule has 0 spiro atoms. The van der Waals surface area contributed by atoms with Crippen molar-refractivity contribution in [3.63, 3.8) is 0 Å². The third-order valence-corrected chi connectivity index (χ3v) is 6.90. The SMILES string of the molecule is COc1ccc([C@@H]2C[C@H](C(F)(F)F)n3nc(-c4ccc(C(=O)N5CCNCC5)c(F)c4)cc3N2)cc1OC. The van der Waals surface area contributed by atoms with Crippen molar-refractivity contribution in [2.45, 2.75) is 24.7 Å². The normalized spacial score (nSPS) is 19.5. The molecule has 1 fully saturated rings. The number of alkyl halides is 3. The maximum atomic E-state index is 15.0. The summed E-state index contributed by atoms with van der Waals surface area (Å²) in [6, 6.07) is 7.83. The third kappa shape index (κ3) is 4.87. The van der Waals surface area contributed by atoms with E-state index in [9.17, 15) is 22.4 Å². The third-order valence-electron chi connectivity index (χ3n) is 6.90. The van der Waals surface area contributed by atoms with Crippen molar-refractivity contribution < 1.29 is 31.8 Å². The van der Waals surface area contributed by atoms with Crippen LogP contribution in [0.4, 0.5) is 23.4 Å². The molecule has 1 aromatic heterocycles. The van der Waals surface area contributed by atoms with Gasteiger partial charge in [0.05, 0.1) is 31.5 Å². The molecule has 2 aliphatic rings. The number of piperazine rings is 1. The Labute approximate surface area is 216 Å². The van der Waals surface area contributed by atoms with Gasteiger partial charge >= 0.3 is 6.18 Å². The summed E-state index contributed by atoms with van der Waals surface area (Å²) in [4.78, 5) is 14.3. The molecule has 0 saturated carbocycles. The molecule has 1 saturated heterocycles. The zero-order chi connectivity index (χ0) is 27.0. The highest BCUT2D eigenvalue weighted by Gasteiger charge is 2.46. The largest absolute Gasteiger partial charge is 0.493 e. The molecule has 5 rings (SSSR count). The van der Waals surface area contributed by atoms with Gasteiger partial charge in [-0.15, -0.1) is 0 Å². The van der Waals surface area contributed by atoms with Gasteiger partial charge in [0, 0.05) is 44.2 Å². The maximum Gasteiger partial charge on any atom is 0.410 e. The van der Waals surface area contributed by atoms with Crippen molar-refractivity contribution in [3.8, 4) is 22.8 Å². The Balaban J connectivity index is 1.46. The Morgan fingerprint density at radius 2 is 1.76 bits per heavy atom. The second-order valence-electron chi connectivity index (χ2n) is 9.20. The van der Waals surface area contributed by atoms with Crippen LogP contribution in [0.25, 0.3) is 11.3 Å². The van der Waals surface area contributed by atoms with Crippen LogP contribution in [0, 0.1) is 5.82 Å². The first-order valence-corrected chi connectivity index (χ1v) is 12.1. The van der Waals surface area contributed by atoms with Crippen LogP contribution >= 0.6 is 0 Å². The summed E-state index contributed by atoms with van der Waals surface area (Å²) in [6.07, 6.45) is -4.88. The topological polar surface area (TPSA) is 80.7 Å². The quantitative estimate of drug-likeness (QED) is 0.473. The Hall–Kier alpha value is -3.80. The summed E-state index contributed by atoms with van der Waals surface area (Å²) >= 11 is 0. The number of methoxy groups -OCH3 is 2. The van der Waals surface area contributed by atoms with E-state index in [0.717, 1.165) is 10.7 Å². The molecule has 2 N–H and O–H groups in total. The standard InChI is InChI=1S/C26H27F4N5O3/c1-37-21-6-4-16(12-22(21)38-2)19-13-23(26(28,29)30)35-24(32-19)14-20(33-35)15-3-5-17(18(27)11-15)25(36)34-9-7-31-8-10-34/h3-6,11-12,14,19,23,31-32H,7-10,13H2,1-2H3/t19-,23+/m0/s1. The molecule has 0 bridgehead atoms. The smallest absolute Gasteiger partial charge is 0.410 e. The van der Waals surface area contributed by atoms with Crippen LogP contribution in [-0.2, 0) is 0 Å². The van der Waals surface area contributed by atoms with Crippen molar-refractivity contribution in [3.05, 3.63) is 59.4 Å².